The van der Waals surface area contributed by atoms with Crippen molar-refractivity contribution in [2.45, 2.75) is 13.5 Å². The summed E-state index contributed by atoms with van der Waals surface area (Å²) in [6.07, 6.45) is 0. The summed E-state index contributed by atoms with van der Waals surface area (Å²) in [6.45, 7) is 5.53. The van der Waals surface area contributed by atoms with E-state index in [9.17, 15) is 9.59 Å². The van der Waals surface area contributed by atoms with Gasteiger partial charge < -0.3 is 10.0 Å². The summed E-state index contributed by atoms with van der Waals surface area (Å²) in [5, 5.41) is 8.93. The van der Waals surface area contributed by atoms with Gasteiger partial charge in [-0.25, -0.2) is 4.79 Å². The molecule has 1 amide bonds. The fourth-order valence-electron chi connectivity index (χ4n) is 2.27. The van der Waals surface area contributed by atoms with Gasteiger partial charge in [0.15, 0.2) is 0 Å². The summed E-state index contributed by atoms with van der Waals surface area (Å²) in [5.41, 5.74) is 1.34. The van der Waals surface area contributed by atoms with E-state index in [1.165, 1.54) is 0 Å². The molecule has 1 fully saturated rings. The van der Waals surface area contributed by atoms with Crippen LogP contribution in [0.15, 0.2) is 22.7 Å². The molecular formula is C14H17BrN2O3. The van der Waals surface area contributed by atoms with Crippen molar-refractivity contribution < 1.29 is 14.7 Å². The average Bonchev–Trinajstić information content (AvgIpc) is 2.41. The number of hydrogen-bond donors (Lipinski definition) is 1. The van der Waals surface area contributed by atoms with Crippen LogP contribution >= 0.6 is 15.9 Å². The molecule has 1 aliphatic rings. The minimum Gasteiger partial charge on any atom is -0.478 e. The smallest absolute Gasteiger partial charge is 0.335 e. The first-order valence-corrected chi connectivity index (χ1v) is 7.26. The Morgan fingerprint density at radius 3 is 2.40 bits per heavy atom. The third kappa shape index (κ3) is 3.58. The highest BCUT2D eigenvalue weighted by Gasteiger charge is 2.19. The van der Waals surface area contributed by atoms with Gasteiger partial charge in [0.25, 0.3) is 0 Å². The molecule has 1 saturated heterocycles. The Labute approximate surface area is 126 Å². The molecule has 1 N–H and O–H groups in total. The van der Waals surface area contributed by atoms with E-state index in [2.05, 4.69) is 20.8 Å². The van der Waals surface area contributed by atoms with Crippen molar-refractivity contribution >= 4 is 27.8 Å². The van der Waals surface area contributed by atoms with Gasteiger partial charge in [-0.2, -0.15) is 0 Å². The number of aromatic carboxylic acids is 1. The number of hydrogen-bond acceptors (Lipinski definition) is 3. The predicted octanol–water partition coefficient (Wildman–Crippen LogP) is 1.81. The molecular weight excluding hydrogens is 324 g/mol. The number of halogens is 1. The Hall–Kier alpha value is -1.40. The topological polar surface area (TPSA) is 60.9 Å². The van der Waals surface area contributed by atoms with Crippen LogP contribution < -0.4 is 0 Å². The fourth-order valence-corrected chi connectivity index (χ4v) is 2.77. The summed E-state index contributed by atoms with van der Waals surface area (Å²) in [7, 11) is 0. The van der Waals surface area contributed by atoms with Gasteiger partial charge in [0.1, 0.15) is 0 Å². The second-order valence-corrected chi connectivity index (χ2v) is 5.75. The van der Waals surface area contributed by atoms with Crippen LogP contribution in [0.2, 0.25) is 0 Å². The first-order chi connectivity index (χ1) is 9.47. The maximum Gasteiger partial charge on any atom is 0.335 e. The third-order valence-electron chi connectivity index (χ3n) is 3.51. The van der Waals surface area contributed by atoms with E-state index in [0.29, 0.717) is 0 Å². The molecule has 0 unspecified atom stereocenters. The largest absolute Gasteiger partial charge is 0.478 e. The monoisotopic (exact) mass is 340 g/mol. The van der Waals surface area contributed by atoms with Crippen LogP contribution in [0.25, 0.3) is 0 Å². The molecule has 0 radical (unpaired) electrons. The highest BCUT2D eigenvalue weighted by Crippen LogP contribution is 2.21. The van der Waals surface area contributed by atoms with Gasteiger partial charge in [0.05, 0.1) is 5.56 Å². The lowest BCUT2D eigenvalue weighted by Gasteiger charge is -2.34. The van der Waals surface area contributed by atoms with E-state index in [-0.39, 0.29) is 11.5 Å². The summed E-state index contributed by atoms with van der Waals surface area (Å²) >= 11 is 3.42. The molecule has 0 bridgehead atoms. The standard InChI is InChI=1S/C14H17BrN2O3/c1-10(18)17-6-4-16(5-7-17)9-12-3-2-11(14(19)20)8-13(12)15/h2-3,8H,4-7,9H2,1H3,(H,19,20). The molecule has 20 heavy (non-hydrogen) atoms. The SMILES string of the molecule is CC(=O)N1CCN(Cc2ccc(C(=O)O)cc2Br)CC1. The molecule has 1 aromatic rings. The maximum absolute atomic E-state index is 11.3. The molecule has 1 aliphatic heterocycles. The third-order valence-corrected chi connectivity index (χ3v) is 4.25. The number of benzene rings is 1. The van der Waals surface area contributed by atoms with E-state index in [4.69, 9.17) is 5.11 Å². The lowest BCUT2D eigenvalue weighted by molar-refractivity contribution is -0.130. The van der Waals surface area contributed by atoms with Crippen LogP contribution in [0, 0.1) is 0 Å². The van der Waals surface area contributed by atoms with Gasteiger partial charge in [-0.3, -0.25) is 9.69 Å². The number of carbonyl (C=O) groups excluding carboxylic acids is 1. The Morgan fingerprint density at radius 2 is 1.90 bits per heavy atom. The van der Waals surface area contributed by atoms with Crippen LogP contribution in [0.1, 0.15) is 22.8 Å². The zero-order valence-corrected chi connectivity index (χ0v) is 12.9. The molecule has 2 rings (SSSR count). The number of amides is 1. The van der Waals surface area contributed by atoms with E-state index < -0.39 is 5.97 Å². The normalized spacial score (nSPS) is 16.2. The van der Waals surface area contributed by atoms with Gasteiger partial charge in [0.2, 0.25) is 5.91 Å². The van der Waals surface area contributed by atoms with Crippen molar-refractivity contribution in [2.75, 3.05) is 26.2 Å². The summed E-state index contributed by atoms with van der Waals surface area (Å²) in [4.78, 5) is 26.3. The van der Waals surface area contributed by atoms with Crippen molar-refractivity contribution in [2.24, 2.45) is 0 Å². The van der Waals surface area contributed by atoms with Gasteiger partial charge >= 0.3 is 5.97 Å². The van der Waals surface area contributed by atoms with Crippen LogP contribution in [0.5, 0.6) is 0 Å². The van der Waals surface area contributed by atoms with Crippen LogP contribution in [-0.4, -0.2) is 53.0 Å². The minimum absolute atomic E-state index is 0.122. The average molecular weight is 341 g/mol. The van der Waals surface area contributed by atoms with Crippen LogP contribution in [-0.2, 0) is 11.3 Å². The predicted molar refractivity (Wildman–Crippen MR) is 78.6 cm³/mol. The maximum atomic E-state index is 11.3. The number of piperazine rings is 1. The first kappa shape index (κ1) is 15.0. The molecule has 6 heteroatoms. The Bertz CT molecular complexity index is 525. The highest BCUT2D eigenvalue weighted by atomic mass is 79.9. The molecule has 0 spiro atoms. The Kier molecular flexibility index (Phi) is 4.77. The van der Waals surface area contributed by atoms with Crippen LogP contribution in [0.3, 0.4) is 0 Å². The molecule has 1 aromatic carbocycles. The van der Waals surface area contributed by atoms with Gasteiger partial charge in [-0.15, -0.1) is 0 Å². The van der Waals surface area contributed by atoms with Crippen molar-refractivity contribution in [3.8, 4) is 0 Å². The molecule has 108 valence electrons. The van der Waals surface area contributed by atoms with Crippen molar-refractivity contribution in [3.63, 3.8) is 0 Å². The Balaban J connectivity index is 1.98. The second-order valence-electron chi connectivity index (χ2n) is 4.89. The molecule has 1 heterocycles. The van der Waals surface area contributed by atoms with Gasteiger partial charge in [0, 0.05) is 44.1 Å². The quantitative estimate of drug-likeness (QED) is 0.911. The fraction of sp³-hybridized carbons (Fsp3) is 0.429. The molecule has 0 saturated carbocycles. The van der Waals surface area contributed by atoms with Crippen molar-refractivity contribution in [3.05, 3.63) is 33.8 Å². The minimum atomic E-state index is -0.924. The summed E-state index contributed by atoms with van der Waals surface area (Å²) < 4.78 is 0.811. The van der Waals surface area contributed by atoms with E-state index in [1.54, 1.807) is 19.1 Å². The first-order valence-electron chi connectivity index (χ1n) is 6.47. The van der Waals surface area contributed by atoms with Crippen LogP contribution in [0.4, 0.5) is 0 Å². The zero-order chi connectivity index (χ0) is 14.7. The number of carboxylic acids is 1. The summed E-state index contributed by atoms with van der Waals surface area (Å²) in [5.74, 6) is -0.802. The lowest BCUT2D eigenvalue weighted by Crippen LogP contribution is -2.47. The molecule has 0 aromatic heterocycles. The number of carboxylic acid groups (broad SMARTS) is 1. The lowest BCUT2D eigenvalue weighted by atomic mass is 10.1. The number of rotatable bonds is 3. The molecule has 0 atom stereocenters. The highest BCUT2D eigenvalue weighted by molar-refractivity contribution is 9.10. The van der Waals surface area contributed by atoms with E-state index in [0.717, 1.165) is 42.8 Å². The zero-order valence-electron chi connectivity index (χ0n) is 11.3. The van der Waals surface area contributed by atoms with E-state index in [1.807, 2.05) is 11.0 Å². The van der Waals surface area contributed by atoms with Gasteiger partial charge in [-0.1, -0.05) is 22.0 Å². The Morgan fingerprint density at radius 1 is 1.25 bits per heavy atom. The van der Waals surface area contributed by atoms with Gasteiger partial charge in [-0.05, 0) is 17.7 Å². The number of carbonyl (C=O) groups is 2. The molecule has 0 aliphatic carbocycles. The van der Waals surface area contributed by atoms with Crippen molar-refractivity contribution in [1.82, 2.24) is 9.80 Å². The van der Waals surface area contributed by atoms with Crippen molar-refractivity contribution in [1.29, 1.82) is 0 Å². The number of nitrogens with zero attached hydrogens (tertiary/aromatic N) is 2. The summed E-state index contributed by atoms with van der Waals surface area (Å²) in [6, 6.07) is 5.09. The molecule has 5 nitrogen and oxygen atoms in total. The second kappa shape index (κ2) is 6.37. The van der Waals surface area contributed by atoms with E-state index >= 15 is 0 Å².